The van der Waals surface area contributed by atoms with Crippen LogP contribution >= 0.6 is 11.8 Å². The molecule has 1 aromatic carbocycles. The monoisotopic (exact) mass is 311 g/mol. The third-order valence-electron chi connectivity index (χ3n) is 2.97. The summed E-state index contributed by atoms with van der Waals surface area (Å²) in [6, 6.07) is 4.52. The third kappa shape index (κ3) is 5.26. The molecule has 21 heavy (non-hydrogen) atoms. The Labute approximate surface area is 128 Å². The Morgan fingerprint density at radius 2 is 2.19 bits per heavy atom. The molecule has 0 bridgehead atoms. The number of nitrogens with one attached hydrogen (secondary N) is 2. The summed E-state index contributed by atoms with van der Waals surface area (Å²) >= 11 is 1.63. The Morgan fingerprint density at radius 1 is 1.48 bits per heavy atom. The molecule has 0 aliphatic carbocycles. The van der Waals surface area contributed by atoms with Gasteiger partial charge in [-0.05, 0) is 24.8 Å². The van der Waals surface area contributed by atoms with E-state index in [1.165, 1.54) is 12.1 Å². The van der Waals surface area contributed by atoms with Gasteiger partial charge in [0.1, 0.15) is 5.56 Å². The van der Waals surface area contributed by atoms with Gasteiger partial charge in [-0.25, -0.2) is 0 Å². The number of carbonyl (C=O) groups excluding carboxylic acids is 1. The molecule has 0 saturated heterocycles. The predicted molar refractivity (Wildman–Crippen MR) is 87.2 cm³/mol. The second-order valence-corrected chi connectivity index (χ2v) is 5.95. The molecule has 7 heteroatoms. The van der Waals surface area contributed by atoms with E-state index in [2.05, 4.69) is 10.6 Å². The van der Waals surface area contributed by atoms with E-state index < -0.39 is 10.8 Å². The minimum atomic E-state index is -0.531. The van der Waals surface area contributed by atoms with E-state index in [1.807, 2.05) is 20.1 Å². The van der Waals surface area contributed by atoms with E-state index in [9.17, 15) is 14.9 Å². The zero-order valence-electron chi connectivity index (χ0n) is 12.5. The molecule has 0 aromatic heterocycles. The van der Waals surface area contributed by atoms with Gasteiger partial charge in [0.25, 0.3) is 11.6 Å². The maximum absolute atomic E-state index is 12.2. The van der Waals surface area contributed by atoms with Crippen LogP contribution in [0.25, 0.3) is 0 Å². The summed E-state index contributed by atoms with van der Waals surface area (Å²) in [6.45, 7) is 5.24. The van der Waals surface area contributed by atoms with Gasteiger partial charge in [-0.15, -0.1) is 0 Å². The third-order valence-corrected chi connectivity index (χ3v) is 3.94. The average Bonchev–Trinajstić information content (AvgIpc) is 2.49. The van der Waals surface area contributed by atoms with E-state index in [1.54, 1.807) is 17.8 Å². The number of carbonyl (C=O) groups is 1. The standard InChI is InChI=1S/C14H21N3O3S/c1-4-7-15-11-5-6-13(17(19)20)12(8-11)14(18)16-9-10(2)21-3/h5-6,8,10,15H,4,7,9H2,1-3H3,(H,16,18). The van der Waals surface area contributed by atoms with Gasteiger partial charge in [0.05, 0.1) is 4.92 Å². The van der Waals surface area contributed by atoms with Crippen LogP contribution in [0.3, 0.4) is 0 Å². The van der Waals surface area contributed by atoms with Gasteiger partial charge in [-0.2, -0.15) is 11.8 Å². The molecule has 2 N–H and O–H groups in total. The van der Waals surface area contributed by atoms with Gasteiger partial charge in [0.15, 0.2) is 0 Å². The lowest BCUT2D eigenvalue weighted by molar-refractivity contribution is -0.385. The summed E-state index contributed by atoms with van der Waals surface area (Å²) in [5.41, 5.74) is 0.631. The molecule has 0 fully saturated rings. The number of nitrogens with zero attached hydrogens (tertiary/aromatic N) is 1. The highest BCUT2D eigenvalue weighted by molar-refractivity contribution is 7.99. The molecule has 6 nitrogen and oxygen atoms in total. The Bertz CT molecular complexity index is 508. The van der Waals surface area contributed by atoms with Crippen LogP contribution in [0, 0.1) is 10.1 Å². The fourth-order valence-electron chi connectivity index (χ4n) is 1.67. The summed E-state index contributed by atoms with van der Waals surface area (Å²) in [6.07, 6.45) is 2.89. The molecule has 1 aromatic rings. The lowest BCUT2D eigenvalue weighted by Crippen LogP contribution is -2.29. The molecule has 0 radical (unpaired) electrons. The fraction of sp³-hybridized carbons (Fsp3) is 0.500. The first-order chi connectivity index (χ1) is 9.99. The topological polar surface area (TPSA) is 84.3 Å². The largest absolute Gasteiger partial charge is 0.385 e. The van der Waals surface area contributed by atoms with Crippen molar-refractivity contribution in [2.45, 2.75) is 25.5 Å². The van der Waals surface area contributed by atoms with Crippen molar-refractivity contribution in [2.75, 3.05) is 24.7 Å². The maximum Gasteiger partial charge on any atom is 0.282 e. The molecular weight excluding hydrogens is 290 g/mol. The SMILES string of the molecule is CCCNc1ccc([N+](=O)[O-])c(C(=O)NCC(C)SC)c1. The second kappa shape index (κ2) is 8.51. The quantitative estimate of drug-likeness (QED) is 0.569. The Kier molecular flexibility index (Phi) is 7.01. The normalized spacial score (nSPS) is 11.8. The molecular formula is C14H21N3O3S. The first-order valence-corrected chi connectivity index (χ1v) is 8.11. The van der Waals surface area contributed by atoms with Crippen molar-refractivity contribution in [1.82, 2.24) is 5.32 Å². The van der Waals surface area contributed by atoms with Crippen LogP contribution in [0.5, 0.6) is 0 Å². The summed E-state index contributed by atoms with van der Waals surface area (Å²) in [4.78, 5) is 22.7. The number of nitro groups is 1. The number of rotatable bonds is 8. The summed E-state index contributed by atoms with van der Waals surface area (Å²) in [7, 11) is 0. The van der Waals surface area contributed by atoms with Gasteiger partial charge in [-0.3, -0.25) is 14.9 Å². The highest BCUT2D eigenvalue weighted by atomic mass is 32.2. The van der Waals surface area contributed by atoms with E-state index >= 15 is 0 Å². The lowest BCUT2D eigenvalue weighted by atomic mass is 10.1. The van der Waals surface area contributed by atoms with E-state index in [0.717, 1.165) is 13.0 Å². The summed E-state index contributed by atoms with van der Waals surface area (Å²) in [5, 5.41) is 17.2. The van der Waals surface area contributed by atoms with Crippen LogP contribution in [0.1, 0.15) is 30.6 Å². The van der Waals surface area contributed by atoms with Gasteiger partial charge >= 0.3 is 0 Å². The van der Waals surface area contributed by atoms with Crippen molar-refractivity contribution < 1.29 is 9.72 Å². The summed E-state index contributed by atoms with van der Waals surface area (Å²) in [5.74, 6) is -0.414. The van der Waals surface area contributed by atoms with Crippen LogP contribution in [0.2, 0.25) is 0 Å². The predicted octanol–water partition coefficient (Wildman–Crippen LogP) is 2.90. The molecule has 0 saturated carbocycles. The van der Waals surface area contributed by atoms with Crippen molar-refractivity contribution in [3.8, 4) is 0 Å². The molecule has 1 amide bonds. The molecule has 1 unspecified atom stereocenters. The minimum absolute atomic E-state index is 0.0920. The van der Waals surface area contributed by atoms with Crippen LogP contribution < -0.4 is 10.6 Å². The van der Waals surface area contributed by atoms with E-state index in [0.29, 0.717) is 12.2 Å². The maximum atomic E-state index is 12.2. The summed E-state index contributed by atoms with van der Waals surface area (Å²) < 4.78 is 0. The molecule has 116 valence electrons. The number of nitro benzene ring substituents is 1. The molecule has 1 rings (SSSR count). The smallest absolute Gasteiger partial charge is 0.282 e. The first-order valence-electron chi connectivity index (χ1n) is 6.82. The Morgan fingerprint density at radius 3 is 2.76 bits per heavy atom. The van der Waals surface area contributed by atoms with Crippen LogP contribution in [0.15, 0.2) is 18.2 Å². The van der Waals surface area contributed by atoms with E-state index in [-0.39, 0.29) is 16.5 Å². The van der Waals surface area contributed by atoms with Crippen molar-refractivity contribution in [2.24, 2.45) is 0 Å². The number of hydrogen-bond donors (Lipinski definition) is 2. The van der Waals surface area contributed by atoms with Crippen molar-refractivity contribution in [3.63, 3.8) is 0 Å². The molecule has 0 aliphatic rings. The number of hydrogen-bond acceptors (Lipinski definition) is 5. The molecule has 0 spiro atoms. The van der Waals surface area contributed by atoms with Gasteiger partial charge in [-0.1, -0.05) is 13.8 Å². The average molecular weight is 311 g/mol. The fourth-order valence-corrected chi connectivity index (χ4v) is 1.92. The lowest BCUT2D eigenvalue weighted by Gasteiger charge is -2.11. The van der Waals surface area contributed by atoms with Crippen molar-refractivity contribution in [3.05, 3.63) is 33.9 Å². The van der Waals surface area contributed by atoms with Crippen LogP contribution in [0.4, 0.5) is 11.4 Å². The molecule has 0 aliphatic heterocycles. The van der Waals surface area contributed by atoms with E-state index in [4.69, 9.17) is 0 Å². The van der Waals surface area contributed by atoms with Gasteiger partial charge in [0, 0.05) is 30.1 Å². The van der Waals surface area contributed by atoms with Crippen LogP contribution in [-0.4, -0.2) is 35.4 Å². The Hall–Kier alpha value is -1.76. The Balaban J connectivity index is 2.94. The highest BCUT2D eigenvalue weighted by Crippen LogP contribution is 2.23. The minimum Gasteiger partial charge on any atom is -0.385 e. The zero-order valence-corrected chi connectivity index (χ0v) is 13.3. The van der Waals surface area contributed by atoms with Gasteiger partial charge < -0.3 is 10.6 Å². The number of thioether (sulfide) groups is 1. The first kappa shape index (κ1) is 17.3. The van der Waals surface area contributed by atoms with Crippen molar-refractivity contribution in [1.29, 1.82) is 0 Å². The van der Waals surface area contributed by atoms with Crippen LogP contribution in [-0.2, 0) is 0 Å². The molecule has 1 atom stereocenters. The number of anilines is 1. The number of amides is 1. The second-order valence-electron chi connectivity index (χ2n) is 4.67. The highest BCUT2D eigenvalue weighted by Gasteiger charge is 2.20. The van der Waals surface area contributed by atoms with Gasteiger partial charge in [0.2, 0.25) is 0 Å². The molecule has 0 heterocycles. The number of benzene rings is 1. The van der Waals surface area contributed by atoms with Crippen molar-refractivity contribution >= 4 is 29.0 Å². The zero-order chi connectivity index (χ0) is 15.8.